The van der Waals surface area contributed by atoms with E-state index in [9.17, 15) is 46.6 Å². The fraction of sp³-hybridized carbons (Fsp3) is 0.333. The summed E-state index contributed by atoms with van der Waals surface area (Å²) in [5.74, 6) is 0. The fourth-order valence-corrected chi connectivity index (χ4v) is 2.76. The van der Waals surface area contributed by atoms with Crippen molar-refractivity contribution in [2.24, 2.45) is 0 Å². The molecular formula is C18H15F6N3O4. The first kappa shape index (κ1) is 23.9. The highest BCUT2D eigenvalue weighted by Gasteiger charge is 2.37. The van der Waals surface area contributed by atoms with Crippen LogP contribution in [0.4, 0.5) is 49.1 Å². The lowest BCUT2D eigenvalue weighted by Gasteiger charge is -2.24. The number of benzene rings is 2. The Bertz CT molecular complexity index is 1010. The summed E-state index contributed by atoms with van der Waals surface area (Å²) in [5, 5.41) is 24.9. The van der Waals surface area contributed by atoms with E-state index < -0.39 is 61.5 Å². The number of alkyl halides is 6. The van der Waals surface area contributed by atoms with Gasteiger partial charge in [0.15, 0.2) is 0 Å². The molecule has 0 unspecified atom stereocenters. The zero-order chi connectivity index (χ0) is 23.9. The molecular weight excluding hydrogens is 436 g/mol. The second kappa shape index (κ2) is 7.71. The maximum atomic E-state index is 13.1. The first-order valence-electron chi connectivity index (χ1n) is 8.45. The molecule has 0 aliphatic rings. The molecule has 0 bridgehead atoms. The molecule has 0 saturated carbocycles. The number of rotatable bonds is 4. The molecule has 2 aromatic carbocycles. The summed E-state index contributed by atoms with van der Waals surface area (Å²) in [4.78, 5) is 20.7. The van der Waals surface area contributed by atoms with E-state index in [0.717, 1.165) is 6.07 Å². The third-order valence-corrected chi connectivity index (χ3v) is 4.17. The van der Waals surface area contributed by atoms with Gasteiger partial charge in [0.05, 0.1) is 27.0 Å². The standard InChI is InChI=1S/C18H15F6N3O4/c1-16(2,3)13-7-12(26(28)29)8-14(27(30)31)15(13)25-11-5-9(17(19,20)21)4-10(6-11)18(22,23)24/h4-8,25H,1-3H3. The number of nitrogens with zero attached hydrogens (tertiary/aromatic N) is 2. The highest BCUT2D eigenvalue weighted by atomic mass is 19.4. The molecule has 0 aliphatic carbocycles. The minimum Gasteiger partial charge on any atom is -0.350 e. The van der Waals surface area contributed by atoms with Crippen molar-refractivity contribution in [1.82, 2.24) is 0 Å². The summed E-state index contributed by atoms with van der Waals surface area (Å²) in [6, 6.07) is 2.21. The normalized spacial score (nSPS) is 12.5. The van der Waals surface area contributed by atoms with Gasteiger partial charge in [-0.2, -0.15) is 26.3 Å². The molecule has 168 valence electrons. The Morgan fingerprint density at radius 1 is 0.774 bits per heavy atom. The number of nitrogens with one attached hydrogen (secondary N) is 1. The van der Waals surface area contributed by atoms with Gasteiger partial charge in [0.2, 0.25) is 0 Å². The third kappa shape index (κ3) is 5.41. The average molecular weight is 451 g/mol. The zero-order valence-corrected chi connectivity index (χ0v) is 16.2. The van der Waals surface area contributed by atoms with Crippen LogP contribution in [0.15, 0.2) is 30.3 Å². The number of nitro benzene ring substituents is 2. The molecule has 0 atom stereocenters. The zero-order valence-electron chi connectivity index (χ0n) is 16.2. The summed E-state index contributed by atoms with van der Waals surface area (Å²) < 4.78 is 78.7. The number of hydrogen-bond acceptors (Lipinski definition) is 5. The maximum Gasteiger partial charge on any atom is 0.416 e. The van der Waals surface area contributed by atoms with Gasteiger partial charge < -0.3 is 5.32 Å². The second-order valence-electron chi connectivity index (χ2n) is 7.57. The first-order chi connectivity index (χ1) is 13.9. The van der Waals surface area contributed by atoms with E-state index in [0.29, 0.717) is 18.2 Å². The minimum absolute atomic E-state index is 0.0422. The van der Waals surface area contributed by atoms with Gasteiger partial charge in [0.25, 0.3) is 11.4 Å². The number of nitro groups is 2. The van der Waals surface area contributed by atoms with Crippen LogP contribution in [-0.2, 0) is 17.8 Å². The largest absolute Gasteiger partial charge is 0.416 e. The number of anilines is 2. The van der Waals surface area contributed by atoms with Crippen molar-refractivity contribution in [1.29, 1.82) is 0 Å². The summed E-state index contributed by atoms with van der Waals surface area (Å²) in [5.41, 5.74) is -6.96. The molecule has 0 radical (unpaired) electrons. The Balaban J connectivity index is 2.81. The summed E-state index contributed by atoms with van der Waals surface area (Å²) in [7, 11) is 0. The molecule has 0 spiro atoms. The highest BCUT2D eigenvalue weighted by Crippen LogP contribution is 2.43. The Morgan fingerprint density at radius 2 is 1.26 bits per heavy atom. The Morgan fingerprint density at radius 3 is 1.61 bits per heavy atom. The predicted molar refractivity (Wildman–Crippen MR) is 98.2 cm³/mol. The van der Waals surface area contributed by atoms with Crippen molar-refractivity contribution in [2.75, 3.05) is 5.32 Å². The molecule has 0 aromatic heterocycles. The van der Waals surface area contributed by atoms with Crippen LogP contribution >= 0.6 is 0 Å². The van der Waals surface area contributed by atoms with Gasteiger partial charge in [-0.1, -0.05) is 20.8 Å². The van der Waals surface area contributed by atoms with Crippen molar-refractivity contribution in [3.05, 3.63) is 67.3 Å². The number of non-ortho nitro benzene ring substituents is 1. The van der Waals surface area contributed by atoms with Crippen LogP contribution in [0.1, 0.15) is 37.5 Å². The SMILES string of the molecule is CC(C)(C)c1cc([N+](=O)[O-])cc([N+](=O)[O-])c1Nc1cc(C(F)(F)F)cc(C(F)(F)F)c1. The van der Waals surface area contributed by atoms with E-state index in [1.807, 2.05) is 0 Å². The van der Waals surface area contributed by atoms with Crippen molar-refractivity contribution < 1.29 is 36.2 Å². The van der Waals surface area contributed by atoms with Gasteiger partial charge in [-0.25, -0.2) is 0 Å². The fourth-order valence-electron chi connectivity index (χ4n) is 2.76. The molecule has 31 heavy (non-hydrogen) atoms. The van der Waals surface area contributed by atoms with Crippen LogP contribution in [0.5, 0.6) is 0 Å². The van der Waals surface area contributed by atoms with Crippen molar-refractivity contribution >= 4 is 22.7 Å². The van der Waals surface area contributed by atoms with Gasteiger partial charge >= 0.3 is 12.4 Å². The van der Waals surface area contributed by atoms with E-state index in [2.05, 4.69) is 5.32 Å². The van der Waals surface area contributed by atoms with Crippen LogP contribution in [0, 0.1) is 20.2 Å². The van der Waals surface area contributed by atoms with Gasteiger partial charge in [-0.05, 0) is 29.2 Å². The van der Waals surface area contributed by atoms with Gasteiger partial charge in [0, 0.05) is 11.8 Å². The molecule has 7 nitrogen and oxygen atoms in total. The molecule has 0 aliphatic heterocycles. The quantitative estimate of drug-likeness (QED) is 0.322. The molecule has 13 heteroatoms. The van der Waals surface area contributed by atoms with E-state index in [1.54, 1.807) is 0 Å². The topological polar surface area (TPSA) is 98.3 Å². The lowest BCUT2D eigenvalue weighted by atomic mass is 9.84. The summed E-state index contributed by atoms with van der Waals surface area (Å²) >= 11 is 0. The summed E-state index contributed by atoms with van der Waals surface area (Å²) in [6.45, 7) is 4.57. The monoisotopic (exact) mass is 451 g/mol. The van der Waals surface area contributed by atoms with Gasteiger partial charge in [-0.3, -0.25) is 20.2 Å². The Kier molecular flexibility index (Phi) is 5.94. The van der Waals surface area contributed by atoms with Crippen LogP contribution in [0.2, 0.25) is 0 Å². The van der Waals surface area contributed by atoms with E-state index >= 15 is 0 Å². The average Bonchev–Trinajstić information content (AvgIpc) is 2.58. The molecule has 2 rings (SSSR count). The lowest BCUT2D eigenvalue weighted by molar-refractivity contribution is -0.393. The molecule has 0 saturated heterocycles. The van der Waals surface area contributed by atoms with E-state index in [4.69, 9.17) is 0 Å². The molecule has 2 aromatic rings. The van der Waals surface area contributed by atoms with E-state index in [1.165, 1.54) is 20.8 Å². The minimum atomic E-state index is -5.12. The molecule has 0 amide bonds. The van der Waals surface area contributed by atoms with Crippen molar-refractivity contribution in [3.8, 4) is 0 Å². The van der Waals surface area contributed by atoms with Crippen molar-refractivity contribution in [3.63, 3.8) is 0 Å². The number of hydrogen-bond donors (Lipinski definition) is 1. The van der Waals surface area contributed by atoms with Crippen molar-refractivity contribution in [2.45, 2.75) is 38.5 Å². The Hall–Kier alpha value is -3.38. The van der Waals surface area contributed by atoms with Crippen LogP contribution in [0.25, 0.3) is 0 Å². The lowest BCUT2D eigenvalue weighted by Crippen LogP contribution is -2.16. The Labute approximate surface area is 171 Å². The molecule has 0 fully saturated rings. The maximum absolute atomic E-state index is 13.1. The van der Waals surface area contributed by atoms with Gasteiger partial charge in [-0.15, -0.1) is 0 Å². The van der Waals surface area contributed by atoms with Crippen LogP contribution < -0.4 is 5.32 Å². The van der Waals surface area contributed by atoms with Crippen LogP contribution in [0.3, 0.4) is 0 Å². The third-order valence-electron chi connectivity index (χ3n) is 4.17. The highest BCUT2D eigenvalue weighted by molar-refractivity contribution is 5.77. The first-order valence-corrected chi connectivity index (χ1v) is 8.45. The van der Waals surface area contributed by atoms with E-state index in [-0.39, 0.29) is 11.6 Å². The summed E-state index contributed by atoms with van der Waals surface area (Å²) in [6.07, 6.45) is -10.2. The molecule has 0 heterocycles. The second-order valence-corrected chi connectivity index (χ2v) is 7.57. The molecule has 1 N–H and O–H groups in total. The smallest absolute Gasteiger partial charge is 0.350 e. The van der Waals surface area contributed by atoms with Gasteiger partial charge in [0.1, 0.15) is 5.69 Å². The number of halogens is 6. The van der Waals surface area contributed by atoms with Crippen LogP contribution in [-0.4, -0.2) is 9.85 Å². The predicted octanol–water partition coefficient (Wildman–Crippen LogP) is 6.58.